The van der Waals surface area contributed by atoms with Crippen LogP contribution < -0.4 is 5.32 Å². The van der Waals surface area contributed by atoms with Crippen molar-refractivity contribution in [1.29, 1.82) is 0 Å². The standard InChI is InChI=1S/C8H13N3O/c1-3-9-8(12)6-7-4-5-11(2)10-7/h4-5H,3,6H2,1-2H3,(H,9,12). The molecule has 0 aliphatic carbocycles. The fourth-order valence-electron chi connectivity index (χ4n) is 0.982. The average Bonchev–Trinajstić information content (AvgIpc) is 2.36. The van der Waals surface area contributed by atoms with Crippen molar-refractivity contribution in [2.75, 3.05) is 6.54 Å². The molecule has 0 radical (unpaired) electrons. The molecule has 0 unspecified atom stereocenters. The van der Waals surface area contributed by atoms with Crippen molar-refractivity contribution in [3.05, 3.63) is 18.0 Å². The van der Waals surface area contributed by atoms with Gasteiger partial charge in [-0.15, -0.1) is 0 Å². The van der Waals surface area contributed by atoms with Gasteiger partial charge in [-0.05, 0) is 13.0 Å². The van der Waals surface area contributed by atoms with Crippen molar-refractivity contribution < 1.29 is 4.79 Å². The summed E-state index contributed by atoms with van der Waals surface area (Å²) in [4.78, 5) is 11.1. The van der Waals surface area contributed by atoms with Crippen LogP contribution in [0.25, 0.3) is 0 Å². The van der Waals surface area contributed by atoms with Gasteiger partial charge in [-0.2, -0.15) is 5.10 Å². The molecule has 0 atom stereocenters. The number of hydrogen-bond donors (Lipinski definition) is 1. The Bertz CT molecular complexity index is 267. The molecule has 4 heteroatoms. The van der Waals surface area contributed by atoms with Crippen LogP contribution in [0.4, 0.5) is 0 Å². The third-order valence-electron chi connectivity index (χ3n) is 1.48. The molecule has 1 aromatic heterocycles. The molecule has 0 fully saturated rings. The summed E-state index contributed by atoms with van der Waals surface area (Å²) in [6.07, 6.45) is 2.20. The van der Waals surface area contributed by atoms with E-state index in [1.807, 2.05) is 26.2 Å². The van der Waals surface area contributed by atoms with E-state index >= 15 is 0 Å². The zero-order valence-electron chi connectivity index (χ0n) is 7.37. The van der Waals surface area contributed by atoms with E-state index < -0.39 is 0 Å². The summed E-state index contributed by atoms with van der Waals surface area (Å²) in [5, 5.41) is 6.80. The SMILES string of the molecule is CCNC(=O)Cc1ccn(C)n1. The maximum Gasteiger partial charge on any atom is 0.226 e. The highest BCUT2D eigenvalue weighted by Gasteiger charge is 2.03. The Hall–Kier alpha value is -1.32. The number of aryl methyl sites for hydroxylation is 1. The number of aromatic nitrogens is 2. The first kappa shape index (κ1) is 8.77. The number of carbonyl (C=O) groups is 1. The first-order valence-corrected chi connectivity index (χ1v) is 3.97. The molecule has 0 saturated heterocycles. The molecular weight excluding hydrogens is 154 g/mol. The Balaban J connectivity index is 2.46. The van der Waals surface area contributed by atoms with Gasteiger partial charge in [-0.3, -0.25) is 9.48 Å². The lowest BCUT2D eigenvalue weighted by molar-refractivity contribution is -0.120. The molecule has 1 rings (SSSR count). The van der Waals surface area contributed by atoms with E-state index in [4.69, 9.17) is 0 Å². The summed E-state index contributed by atoms with van der Waals surface area (Å²) in [5.41, 5.74) is 0.809. The van der Waals surface area contributed by atoms with E-state index in [9.17, 15) is 4.79 Å². The molecule has 0 saturated carbocycles. The van der Waals surface area contributed by atoms with Crippen molar-refractivity contribution in [1.82, 2.24) is 15.1 Å². The first-order chi connectivity index (χ1) is 5.72. The molecule has 0 aromatic carbocycles. The van der Waals surface area contributed by atoms with E-state index in [1.54, 1.807) is 4.68 Å². The molecule has 0 spiro atoms. The largest absolute Gasteiger partial charge is 0.356 e. The van der Waals surface area contributed by atoms with Crippen LogP contribution in [0.2, 0.25) is 0 Å². The van der Waals surface area contributed by atoms with Gasteiger partial charge in [-0.25, -0.2) is 0 Å². The second kappa shape index (κ2) is 3.90. The van der Waals surface area contributed by atoms with Gasteiger partial charge < -0.3 is 5.32 Å². The second-order valence-electron chi connectivity index (χ2n) is 2.61. The topological polar surface area (TPSA) is 46.9 Å². The predicted octanol–water partition coefficient (Wildman–Crippen LogP) is 0.0987. The minimum absolute atomic E-state index is 0.0243. The van der Waals surface area contributed by atoms with Crippen LogP contribution in [0, 0.1) is 0 Å². The van der Waals surface area contributed by atoms with Gasteiger partial charge in [0.05, 0.1) is 12.1 Å². The Morgan fingerprint density at radius 2 is 2.50 bits per heavy atom. The number of nitrogens with one attached hydrogen (secondary N) is 1. The van der Waals surface area contributed by atoms with Gasteiger partial charge >= 0.3 is 0 Å². The molecule has 1 amide bonds. The highest BCUT2D eigenvalue weighted by Crippen LogP contribution is 1.94. The monoisotopic (exact) mass is 167 g/mol. The fourth-order valence-corrected chi connectivity index (χ4v) is 0.982. The average molecular weight is 167 g/mol. The summed E-state index contributed by atoms with van der Waals surface area (Å²) in [7, 11) is 1.83. The van der Waals surface area contributed by atoms with Crippen molar-refractivity contribution in [3.63, 3.8) is 0 Å². The Labute approximate surface area is 71.6 Å². The molecule has 1 aromatic rings. The number of nitrogens with zero attached hydrogens (tertiary/aromatic N) is 2. The van der Waals surface area contributed by atoms with E-state index in [1.165, 1.54) is 0 Å². The first-order valence-electron chi connectivity index (χ1n) is 3.97. The summed E-state index contributed by atoms with van der Waals surface area (Å²) in [6.45, 7) is 2.57. The Morgan fingerprint density at radius 3 is 3.00 bits per heavy atom. The number of amides is 1. The molecule has 1 N–H and O–H groups in total. The molecule has 0 aliphatic heterocycles. The van der Waals surface area contributed by atoms with Gasteiger partial charge in [0.25, 0.3) is 0 Å². The second-order valence-corrected chi connectivity index (χ2v) is 2.61. The minimum Gasteiger partial charge on any atom is -0.356 e. The normalized spacial score (nSPS) is 9.83. The fraction of sp³-hybridized carbons (Fsp3) is 0.500. The third kappa shape index (κ3) is 2.38. The van der Waals surface area contributed by atoms with Crippen LogP contribution in [0.5, 0.6) is 0 Å². The molecule has 1 heterocycles. The summed E-state index contributed by atoms with van der Waals surface area (Å²) in [5.74, 6) is 0.0243. The number of hydrogen-bond acceptors (Lipinski definition) is 2. The molecule has 66 valence electrons. The maximum absolute atomic E-state index is 11.1. The Kier molecular flexibility index (Phi) is 2.85. The number of likely N-dealkylation sites (N-methyl/N-ethyl adjacent to an activating group) is 1. The van der Waals surface area contributed by atoms with Crippen LogP contribution >= 0.6 is 0 Å². The van der Waals surface area contributed by atoms with E-state index in [0.29, 0.717) is 13.0 Å². The number of carbonyl (C=O) groups excluding carboxylic acids is 1. The summed E-state index contributed by atoms with van der Waals surface area (Å²) >= 11 is 0. The summed E-state index contributed by atoms with van der Waals surface area (Å²) in [6, 6.07) is 1.84. The van der Waals surface area contributed by atoms with Crippen LogP contribution in [-0.4, -0.2) is 22.2 Å². The maximum atomic E-state index is 11.1. The van der Waals surface area contributed by atoms with E-state index in [-0.39, 0.29) is 5.91 Å². The molecular formula is C8H13N3O. The van der Waals surface area contributed by atoms with Crippen LogP contribution in [0.15, 0.2) is 12.3 Å². The van der Waals surface area contributed by atoms with E-state index in [2.05, 4.69) is 10.4 Å². The van der Waals surface area contributed by atoms with Crippen molar-refractivity contribution >= 4 is 5.91 Å². The highest BCUT2D eigenvalue weighted by molar-refractivity contribution is 5.77. The van der Waals surface area contributed by atoms with Crippen molar-refractivity contribution in [2.45, 2.75) is 13.3 Å². The third-order valence-corrected chi connectivity index (χ3v) is 1.48. The van der Waals surface area contributed by atoms with Crippen LogP contribution in [0.1, 0.15) is 12.6 Å². The van der Waals surface area contributed by atoms with Gasteiger partial charge in [0.1, 0.15) is 0 Å². The summed E-state index contributed by atoms with van der Waals surface area (Å²) < 4.78 is 1.69. The molecule has 0 bridgehead atoms. The smallest absolute Gasteiger partial charge is 0.226 e. The Morgan fingerprint density at radius 1 is 1.75 bits per heavy atom. The highest BCUT2D eigenvalue weighted by atomic mass is 16.1. The minimum atomic E-state index is 0.0243. The van der Waals surface area contributed by atoms with Gasteiger partial charge in [0, 0.05) is 19.8 Å². The molecule has 12 heavy (non-hydrogen) atoms. The van der Waals surface area contributed by atoms with Gasteiger partial charge in [0.2, 0.25) is 5.91 Å². The predicted molar refractivity (Wildman–Crippen MR) is 45.6 cm³/mol. The van der Waals surface area contributed by atoms with Gasteiger partial charge in [-0.1, -0.05) is 0 Å². The zero-order valence-corrected chi connectivity index (χ0v) is 7.37. The van der Waals surface area contributed by atoms with Crippen molar-refractivity contribution in [2.24, 2.45) is 7.05 Å². The van der Waals surface area contributed by atoms with Gasteiger partial charge in [0.15, 0.2) is 0 Å². The molecule has 4 nitrogen and oxygen atoms in total. The lowest BCUT2D eigenvalue weighted by Gasteiger charge is -1.97. The lowest BCUT2D eigenvalue weighted by Crippen LogP contribution is -2.24. The van der Waals surface area contributed by atoms with Crippen LogP contribution in [-0.2, 0) is 18.3 Å². The van der Waals surface area contributed by atoms with Crippen molar-refractivity contribution in [3.8, 4) is 0 Å². The van der Waals surface area contributed by atoms with Crippen LogP contribution in [0.3, 0.4) is 0 Å². The molecule has 0 aliphatic rings. The number of rotatable bonds is 3. The zero-order chi connectivity index (χ0) is 8.97. The quantitative estimate of drug-likeness (QED) is 0.694. The van der Waals surface area contributed by atoms with E-state index in [0.717, 1.165) is 5.69 Å². The lowest BCUT2D eigenvalue weighted by atomic mass is 10.3.